The summed E-state index contributed by atoms with van der Waals surface area (Å²) in [6.07, 6.45) is 0.310. The summed E-state index contributed by atoms with van der Waals surface area (Å²) in [7, 11) is 0. The van der Waals surface area contributed by atoms with Gasteiger partial charge in [-0.15, -0.1) is 4.99 Å². The zero-order valence-electron chi connectivity index (χ0n) is 15.5. The van der Waals surface area contributed by atoms with E-state index in [1.54, 1.807) is 25.8 Å². The van der Waals surface area contributed by atoms with Crippen LogP contribution < -0.4 is 10.3 Å². The molecule has 0 aliphatic carbocycles. The van der Waals surface area contributed by atoms with Crippen molar-refractivity contribution in [2.45, 2.75) is 46.1 Å². The number of thioether (sulfide) groups is 1. The van der Waals surface area contributed by atoms with Crippen LogP contribution in [0.25, 0.3) is 0 Å². The second kappa shape index (κ2) is 8.95. The Labute approximate surface area is 157 Å². The van der Waals surface area contributed by atoms with Crippen LogP contribution >= 0.6 is 11.8 Å². The minimum Gasteiger partial charge on any atom is -0.444 e. The molecule has 139 valence electrons. The number of carbonyl (C=O) groups is 2. The highest BCUT2D eigenvalue weighted by Crippen LogP contribution is 2.27. The van der Waals surface area contributed by atoms with Crippen molar-refractivity contribution in [2.24, 2.45) is 10.1 Å². The van der Waals surface area contributed by atoms with E-state index >= 15 is 0 Å². The summed E-state index contributed by atoms with van der Waals surface area (Å²) in [4.78, 5) is 27.9. The number of aliphatic imine (C=N–C) groups is 1. The van der Waals surface area contributed by atoms with E-state index in [2.05, 4.69) is 15.4 Å². The smallest absolute Gasteiger partial charge is 0.407 e. The molecule has 8 heteroatoms. The fraction of sp³-hybridized carbons (Fsp3) is 0.444. The zero-order valence-corrected chi connectivity index (χ0v) is 16.3. The summed E-state index contributed by atoms with van der Waals surface area (Å²) >= 11 is 1.38. The van der Waals surface area contributed by atoms with Gasteiger partial charge < -0.3 is 10.1 Å². The van der Waals surface area contributed by atoms with Crippen molar-refractivity contribution in [1.82, 2.24) is 10.3 Å². The van der Waals surface area contributed by atoms with E-state index < -0.39 is 11.7 Å². The van der Waals surface area contributed by atoms with Crippen LogP contribution in [-0.2, 0) is 9.53 Å². The summed E-state index contributed by atoms with van der Waals surface area (Å²) in [6.45, 7) is 7.52. The minimum atomic E-state index is -0.571. The number of rotatable bonds is 5. The van der Waals surface area contributed by atoms with Gasteiger partial charge in [-0.25, -0.2) is 4.79 Å². The third-order valence-electron chi connectivity index (χ3n) is 3.13. The summed E-state index contributed by atoms with van der Waals surface area (Å²) in [6, 6.07) is 9.55. The maximum absolute atomic E-state index is 12.2. The van der Waals surface area contributed by atoms with Gasteiger partial charge in [-0.1, -0.05) is 25.1 Å². The monoisotopic (exact) mass is 376 g/mol. The number of carbonyl (C=O) groups excluding carboxylic acids is 2. The number of benzene rings is 1. The van der Waals surface area contributed by atoms with Crippen LogP contribution in [-0.4, -0.2) is 34.4 Å². The van der Waals surface area contributed by atoms with Gasteiger partial charge in [0, 0.05) is 36.9 Å². The number of alkyl carbamates (subject to hydrolysis) is 1. The largest absolute Gasteiger partial charge is 0.444 e. The summed E-state index contributed by atoms with van der Waals surface area (Å²) < 4.78 is 5.13. The SMILES string of the molecule is CCC1=N[N+](c2ccccc2)C(=NC(=O)CCNC(=O)OC(C)(C)C)S1. The van der Waals surface area contributed by atoms with Crippen molar-refractivity contribution in [1.29, 1.82) is 0 Å². The molecule has 0 saturated heterocycles. The number of hydrazone groups is 1. The maximum Gasteiger partial charge on any atom is 0.407 e. The van der Waals surface area contributed by atoms with Crippen LogP contribution in [0.1, 0.15) is 40.5 Å². The number of para-hydroxylation sites is 1. The summed E-state index contributed by atoms with van der Waals surface area (Å²) in [5.74, 6) is -0.322. The first kappa shape index (κ1) is 20.1. The molecule has 0 saturated carbocycles. The van der Waals surface area contributed by atoms with Gasteiger partial charge in [0.05, 0.1) is 5.01 Å². The Bertz CT molecular complexity index is 711. The van der Waals surface area contributed by atoms with Crippen LogP contribution in [0.15, 0.2) is 40.4 Å². The van der Waals surface area contributed by atoms with E-state index in [0.717, 1.165) is 17.2 Å². The highest BCUT2D eigenvalue weighted by atomic mass is 32.2. The maximum atomic E-state index is 12.2. The van der Waals surface area contributed by atoms with Gasteiger partial charge >= 0.3 is 11.3 Å². The van der Waals surface area contributed by atoms with E-state index in [0.29, 0.717) is 5.17 Å². The average Bonchev–Trinajstić information content (AvgIpc) is 2.97. The Hall–Kier alpha value is -2.19. The van der Waals surface area contributed by atoms with Gasteiger partial charge in [-0.2, -0.15) is 0 Å². The van der Waals surface area contributed by atoms with Crippen molar-refractivity contribution in [2.75, 3.05) is 6.54 Å². The molecule has 0 bridgehead atoms. The Morgan fingerprint density at radius 1 is 1.27 bits per heavy atom. The van der Waals surface area contributed by atoms with E-state index in [4.69, 9.17) is 4.74 Å². The molecule has 0 aromatic heterocycles. The van der Waals surface area contributed by atoms with Crippen molar-refractivity contribution < 1.29 is 14.3 Å². The zero-order chi connectivity index (χ0) is 19.2. The molecule has 1 N–H and O–H groups in total. The first-order valence-electron chi connectivity index (χ1n) is 8.47. The minimum absolute atomic E-state index is 0.0907. The molecule has 0 spiro atoms. The molecule has 2 amide bonds. The quantitative estimate of drug-likeness (QED) is 0.794. The van der Waals surface area contributed by atoms with Crippen LogP contribution in [0, 0.1) is 0 Å². The lowest BCUT2D eigenvalue weighted by Crippen LogP contribution is -2.33. The standard InChI is InChI=1S/C18H24N4O3S/c1-5-15-21-22(13-9-7-6-8-10-13)16(26-15)20-14(23)11-12-19-17(24)25-18(2,3)4/h6-10H,5,11-12H2,1-4H3,(H,19,24)/q+1. The number of nitrogens with one attached hydrogen (secondary N) is 1. The normalized spacial score (nSPS) is 16.5. The van der Waals surface area contributed by atoms with Crippen LogP contribution in [0.2, 0.25) is 0 Å². The molecular formula is C18H24N4O3S+. The third-order valence-corrected chi connectivity index (χ3v) is 4.19. The number of anilines is 1. The molecule has 26 heavy (non-hydrogen) atoms. The molecule has 0 atom stereocenters. The molecule has 0 fully saturated rings. The molecule has 0 unspecified atom stereocenters. The van der Waals surface area contributed by atoms with E-state index in [9.17, 15) is 9.59 Å². The second-order valence-corrected chi connectivity index (χ2v) is 7.60. The average molecular weight is 376 g/mol. The third kappa shape index (κ3) is 6.27. The highest BCUT2D eigenvalue weighted by Gasteiger charge is 2.37. The van der Waals surface area contributed by atoms with Gasteiger partial charge in [0.25, 0.3) is 5.91 Å². The molecule has 1 radical (unpaired) electrons. The number of hydrogen-bond donors (Lipinski definition) is 1. The molecule has 2 rings (SSSR count). The molecule has 1 aliphatic heterocycles. The fourth-order valence-corrected chi connectivity index (χ4v) is 2.88. The Kier molecular flexibility index (Phi) is 6.93. The molecule has 1 aromatic rings. The van der Waals surface area contributed by atoms with Gasteiger partial charge in [0.15, 0.2) is 0 Å². The van der Waals surface area contributed by atoms with E-state index in [-0.39, 0.29) is 18.9 Å². The molecule has 1 aliphatic rings. The van der Waals surface area contributed by atoms with Crippen LogP contribution in [0.5, 0.6) is 0 Å². The van der Waals surface area contributed by atoms with Crippen LogP contribution in [0.4, 0.5) is 10.5 Å². The van der Waals surface area contributed by atoms with Crippen LogP contribution in [0.3, 0.4) is 0 Å². The predicted octanol–water partition coefficient (Wildman–Crippen LogP) is 3.73. The lowest BCUT2D eigenvalue weighted by atomic mass is 10.2. The Morgan fingerprint density at radius 3 is 2.58 bits per heavy atom. The lowest BCUT2D eigenvalue weighted by Gasteiger charge is -2.19. The van der Waals surface area contributed by atoms with E-state index in [1.807, 2.05) is 37.3 Å². The molecular weight excluding hydrogens is 352 g/mol. The second-order valence-electron chi connectivity index (χ2n) is 6.56. The highest BCUT2D eigenvalue weighted by molar-refractivity contribution is 8.27. The number of amides is 2. The first-order valence-corrected chi connectivity index (χ1v) is 9.29. The number of nitrogens with zero attached hydrogens (tertiary/aromatic N) is 3. The van der Waals surface area contributed by atoms with Gasteiger partial charge in [-0.05, 0) is 32.3 Å². The number of hydrogen-bond acceptors (Lipinski definition) is 5. The summed E-state index contributed by atoms with van der Waals surface area (Å²) in [5, 5.41) is 10.1. The lowest BCUT2D eigenvalue weighted by molar-refractivity contribution is -0.117. The van der Waals surface area contributed by atoms with Crippen molar-refractivity contribution in [3.05, 3.63) is 30.3 Å². The van der Waals surface area contributed by atoms with E-state index in [1.165, 1.54) is 11.8 Å². The first-order chi connectivity index (χ1) is 12.3. The van der Waals surface area contributed by atoms with Gasteiger partial charge in [-0.3, -0.25) is 4.79 Å². The predicted molar refractivity (Wildman–Crippen MR) is 105 cm³/mol. The Balaban J connectivity index is 1.95. The molecule has 7 nitrogen and oxygen atoms in total. The number of ether oxygens (including phenoxy) is 1. The Morgan fingerprint density at radius 2 is 1.96 bits per heavy atom. The summed E-state index contributed by atoms with van der Waals surface area (Å²) in [5.41, 5.74) is 0.278. The molecule has 1 aromatic carbocycles. The van der Waals surface area contributed by atoms with Crippen molar-refractivity contribution in [3.8, 4) is 0 Å². The van der Waals surface area contributed by atoms with Crippen molar-refractivity contribution in [3.63, 3.8) is 0 Å². The van der Waals surface area contributed by atoms with Gasteiger partial charge in [0.1, 0.15) is 10.6 Å². The molecule has 1 heterocycles. The topological polar surface area (TPSA) is 86.0 Å². The fourth-order valence-electron chi connectivity index (χ4n) is 2.02. The number of amidine groups is 1. The van der Waals surface area contributed by atoms with Crippen molar-refractivity contribution >= 4 is 39.7 Å². The van der Waals surface area contributed by atoms with Gasteiger partial charge in [0.2, 0.25) is 5.69 Å².